The van der Waals surface area contributed by atoms with Gasteiger partial charge in [0, 0.05) is 10.5 Å². The summed E-state index contributed by atoms with van der Waals surface area (Å²) in [6, 6.07) is 8.03. The van der Waals surface area contributed by atoms with E-state index < -0.39 is 16.6 Å². The number of rotatable bonds is 3. The lowest BCUT2D eigenvalue weighted by atomic mass is 10.1. The van der Waals surface area contributed by atoms with Gasteiger partial charge in [0.05, 0.1) is 10.6 Å². The number of nitrogens with zero attached hydrogens (tertiary/aromatic N) is 1. The van der Waals surface area contributed by atoms with E-state index in [1.807, 2.05) is 0 Å². The minimum atomic E-state index is -0.670. The Bertz CT molecular complexity index is 734. The molecule has 0 bridgehead atoms. The molecule has 0 spiro atoms. The SMILES string of the molecule is Cc1ccc([N+](=O)[O-])c(C(=O)Nc2cc(F)ccc2Br)c1. The predicted octanol–water partition coefficient (Wildman–Crippen LogP) is 4.06. The lowest BCUT2D eigenvalue weighted by molar-refractivity contribution is -0.385. The van der Waals surface area contributed by atoms with Crippen LogP contribution in [0.15, 0.2) is 40.9 Å². The second kappa shape index (κ2) is 6.01. The number of nitro groups is 1. The molecule has 0 saturated carbocycles. The van der Waals surface area contributed by atoms with Gasteiger partial charge in [0.2, 0.25) is 0 Å². The molecule has 0 radical (unpaired) electrons. The van der Waals surface area contributed by atoms with Crippen LogP contribution in [0.2, 0.25) is 0 Å². The van der Waals surface area contributed by atoms with E-state index >= 15 is 0 Å². The van der Waals surface area contributed by atoms with Crippen LogP contribution in [-0.2, 0) is 0 Å². The average molecular weight is 353 g/mol. The Balaban J connectivity index is 2.39. The highest BCUT2D eigenvalue weighted by atomic mass is 79.9. The Hall–Kier alpha value is -2.28. The number of hydrogen-bond donors (Lipinski definition) is 1. The van der Waals surface area contributed by atoms with Gasteiger partial charge >= 0.3 is 0 Å². The molecule has 21 heavy (non-hydrogen) atoms. The monoisotopic (exact) mass is 352 g/mol. The first-order valence-electron chi connectivity index (χ1n) is 5.90. The van der Waals surface area contributed by atoms with Crippen molar-refractivity contribution in [2.45, 2.75) is 6.92 Å². The maximum atomic E-state index is 13.2. The fourth-order valence-corrected chi connectivity index (χ4v) is 2.12. The summed E-state index contributed by atoms with van der Waals surface area (Å²) in [6.45, 7) is 1.72. The number of amides is 1. The van der Waals surface area contributed by atoms with E-state index in [1.165, 1.54) is 24.3 Å². The van der Waals surface area contributed by atoms with Crippen LogP contribution in [0, 0.1) is 22.9 Å². The van der Waals surface area contributed by atoms with Gasteiger partial charge in [-0.3, -0.25) is 14.9 Å². The third-order valence-corrected chi connectivity index (χ3v) is 3.46. The summed E-state index contributed by atoms with van der Waals surface area (Å²) >= 11 is 3.18. The van der Waals surface area contributed by atoms with Crippen molar-refractivity contribution in [1.82, 2.24) is 0 Å². The number of anilines is 1. The van der Waals surface area contributed by atoms with Crippen LogP contribution in [0.25, 0.3) is 0 Å². The zero-order chi connectivity index (χ0) is 15.6. The number of nitrogens with one attached hydrogen (secondary N) is 1. The van der Waals surface area contributed by atoms with E-state index in [0.29, 0.717) is 10.0 Å². The van der Waals surface area contributed by atoms with Crippen LogP contribution in [0.5, 0.6) is 0 Å². The van der Waals surface area contributed by atoms with Gasteiger partial charge in [-0.1, -0.05) is 6.07 Å². The van der Waals surface area contributed by atoms with E-state index in [9.17, 15) is 19.3 Å². The Labute approximate surface area is 128 Å². The molecular weight excluding hydrogens is 343 g/mol. The molecule has 0 aliphatic carbocycles. The molecule has 1 amide bonds. The first-order valence-corrected chi connectivity index (χ1v) is 6.69. The number of benzene rings is 2. The summed E-state index contributed by atoms with van der Waals surface area (Å²) in [5.41, 5.74) is 0.543. The summed E-state index contributed by atoms with van der Waals surface area (Å²) in [7, 11) is 0. The van der Waals surface area contributed by atoms with Gasteiger partial charge in [-0.2, -0.15) is 0 Å². The Morgan fingerprint density at radius 3 is 2.67 bits per heavy atom. The van der Waals surface area contributed by atoms with Crippen molar-refractivity contribution >= 4 is 33.2 Å². The normalized spacial score (nSPS) is 10.2. The van der Waals surface area contributed by atoms with E-state index in [0.717, 1.165) is 6.07 Å². The van der Waals surface area contributed by atoms with Crippen LogP contribution in [0.4, 0.5) is 15.8 Å². The molecule has 0 aliphatic rings. The van der Waals surface area contributed by atoms with Crippen LogP contribution < -0.4 is 5.32 Å². The highest BCUT2D eigenvalue weighted by Crippen LogP contribution is 2.26. The summed E-state index contributed by atoms with van der Waals surface area (Å²) in [5.74, 6) is -1.19. The van der Waals surface area contributed by atoms with Gasteiger partial charge in [-0.25, -0.2) is 4.39 Å². The number of hydrogen-bond acceptors (Lipinski definition) is 3. The first-order chi connectivity index (χ1) is 9.88. The number of aryl methyl sites for hydroxylation is 1. The summed E-state index contributed by atoms with van der Waals surface area (Å²) in [6.07, 6.45) is 0. The maximum Gasteiger partial charge on any atom is 0.282 e. The second-order valence-electron chi connectivity index (χ2n) is 4.36. The number of carbonyl (C=O) groups is 1. The third-order valence-electron chi connectivity index (χ3n) is 2.77. The lowest BCUT2D eigenvalue weighted by Crippen LogP contribution is -2.14. The molecule has 0 fully saturated rings. The second-order valence-corrected chi connectivity index (χ2v) is 5.21. The van der Waals surface area contributed by atoms with Crippen molar-refractivity contribution in [3.05, 3.63) is 67.9 Å². The van der Waals surface area contributed by atoms with Gasteiger partial charge < -0.3 is 5.32 Å². The molecule has 0 saturated heterocycles. The minimum Gasteiger partial charge on any atom is -0.321 e. The third kappa shape index (κ3) is 3.43. The topological polar surface area (TPSA) is 72.2 Å². The van der Waals surface area contributed by atoms with Gasteiger partial charge in [0.25, 0.3) is 11.6 Å². The lowest BCUT2D eigenvalue weighted by Gasteiger charge is -2.08. The number of nitro benzene ring substituents is 1. The van der Waals surface area contributed by atoms with Crippen molar-refractivity contribution in [3.63, 3.8) is 0 Å². The van der Waals surface area contributed by atoms with Crippen LogP contribution in [-0.4, -0.2) is 10.8 Å². The largest absolute Gasteiger partial charge is 0.321 e. The molecule has 0 aliphatic heterocycles. The standard InChI is InChI=1S/C14H10BrFN2O3/c1-8-2-5-13(18(20)21)10(6-8)14(19)17-12-7-9(16)3-4-11(12)15/h2-7H,1H3,(H,17,19). The van der Waals surface area contributed by atoms with Crippen molar-refractivity contribution in [1.29, 1.82) is 0 Å². The van der Waals surface area contributed by atoms with Gasteiger partial charge in [0.15, 0.2) is 0 Å². The fraction of sp³-hybridized carbons (Fsp3) is 0.0714. The minimum absolute atomic E-state index is 0.0730. The van der Waals surface area contributed by atoms with Gasteiger partial charge in [-0.05, 0) is 52.7 Å². The zero-order valence-electron chi connectivity index (χ0n) is 10.9. The molecule has 2 aromatic carbocycles. The van der Waals surface area contributed by atoms with Crippen molar-refractivity contribution in [3.8, 4) is 0 Å². The van der Waals surface area contributed by atoms with E-state index in [1.54, 1.807) is 13.0 Å². The highest BCUT2D eigenvalue weighted by Gasteiger charge is 2.20. The summed E-state index contributed by atoms with van der Waals surface area (Å²) < 4.78 is 13.7. The Morgan fingerprint density at radius 1 is 1.29 bits per heavy atom. The van der Waals surface area contributed by atoms with Crippen molar-refractivity contribution in [2.24, 2.45) is 0 Å². The van der Waals surface area contributed by atoms with E-state index in [2.05, 4.69) is 21.2 Å². The van der Waals surface area contributed by atoms with Crippen molar-refractivity contribution < 1.29 is 14.1 Å². The summed E-state index contributed by atoms with van der Waals surface area (Å²) in [5, 5.41) is 13.4. The molecular formula is C14H10BrFN2O3. The van der Waals surface area contributed by atoms with Gasteiger partial charge in [-0.15, -0.1) is 0 Å². The Morgan fingerprint density at radius 2 is 2.00 bits per heavy atom. The molecule has 0 aromatic heterocycles. The van der Waals surface area contributed by atoms with Crippen LogP contribution >= 0.6 is 15.9 Å². The molecule has 0 unspecified atom stereocenters. The average Bonchev–Trinajstić information content (AvgIpc) is 2.42. The zero-order valence-corrected chi connectivity index (χ0v) is 12.5. The van der Waals surface area contributed by atoms with Crippen LogP contribution in [0.1, 0.15) is 15.9 Å². The molecule has 0 heterocycles. The molecule has 7 heteroatoms. The molecule has 2 rings (SSSR count). The molecule has 0 atom stereocenters. The molecule has 5 nitrogen and oxygen atoms in total. The Kier molecular flexibility index (Phi) is 4.32. The van der Waals surface area contributed by atoms with Crippen molar-refractivity contribution in [2.75, 3.05) is 5.32 Å². The number of halogens is 2. The number of carbonyl (C=O) groups excluding carboxylic acids is 1. The van der Waals surface area contributed by atoms with E-state index in [-0.39, 0.29) is 16.9 Å². The molecule has 1 N–H and O–H groups in total. The maximum absolute atomic E-state index is 13.2. The summed E-state index contributed by atoms with van der Waals surface area (Å²) in [4.78, 5) is 22.5. The smallest absolute Gasteiger partial charge is 0.282 e. The van der Waals surface area contributed by atoms with Gasteiger partial charge in [0.1, 0.15) is 11.4 Å². The quantitative estimate of drug-likeness (QED) is 0.668. The van der Waals surface area contributed by atoms with E-state index in [4.69, 9.17) is 0 Å². The highest BCUT2D eigenvalue weighted by molar-refractivity contribution is 9.10. The molecule has 2 aromatic rings. The first kappa shape index (κ1) is 15.1. The fourth-order valence-electron chi connectivity index (χ4n) is 1.77. The van der Waals surface area contributed by atoms with Crippen LogP contribution in [0.3, 0.4) is 0 Å². The predicted molar refractivity (Wildman–Crippen MR) is 79.9 cm³/mol. The molecule has 108 valence electrons.